The van der Waals surface area contributed by atoms with Gasteiger partial charge in [-0.05, 0) is 49.2 Å². The molecule has 0 unspecified atom stereocenters. The fourth-order valence-electron chi connectivity index (χ4n) is 2.32. The predicted octanol–water partition coefficient (Wildman–Crippen LogP) is 3.67. The molecule has 0 spiro atoms. The minimum Gasteiger partial charge on any atom is -0.497 e. The largest absolute Gasteiger partial charge is 0.497 e. The van der Waals surface area contributed by atoms with Crippen LogP contribution in [0.25, 0.3) is 17.8 Å². The van der Waals surface area contributed by atoms with E-state index in [-0.39, 0.29) is 0 Å². The first-order chi connectivity index (χ1) is 12.0. The second kappa shape index (κ2) is 6.91. The van der Waals surface area contributed by atoms with Crippen molar-refractivity contribution in [1.82, 2.24) is 15.0 Å². The van der Waals surface area contributed by atoms with Crippen LogP contribution in [0.2, 0.25) is 0 Å². The predicted molar refractivity (Wildman–Crippen MR) is 98.5 cm³/mol. The summed E-state index contributed by atoms with van der Waals surface area (Å²) in [5.41, 5.74) is 2.62. The number of hydrogen-bond donors (Lipinski definition) is 1. The van der Waals surface area contributed by atoms with Crippen molar-refractivity contribution in [2.75, 3.05) is 7.11 Å². The van der Waals surface area contributed by atoms with Crippen LogP contribution in [0, 0.1) is 0 Å². The number of hydrogen-bond acceptors (Lipinski definition) is 4. The van der Waals surface area contributed by atoms with Gasteiger partial charge in [-0.15, -0.1) is 5.10 Å². The Morgan fingerprint density at radius 3 is 2.00 bits per heavy atom. The number of aliphatic hydroxyl groups is 1. The van der Waals surface area contributed by atoms with Gasteiger partial charge in [0.15, 0.2) is 0 Å². The Kier molecular flexibility index (Phi) is 4.67. The van der Waals surface area contributed by atoms with Gasteiger partial charge in [0.2, 0.25) is 0 Å². The lowest BCUT2D eigenvalue weighted by atomic mass is 10.1. The van der Waals surface area contributed by atoms with Crippen molar-refractivity contribution in [2.45, 2.75) is 19.4 Å². The van der Waals surface area contributed by atoms with E-state index in [2.05, 4.69) is 22.5 Å². The minimum absolute atomic E-state index is 0.538. The Morgan fingerprint density at radius 2 is 1.52 bits per heavy atom. The molecule has 128 valence electrons. The molecule has 0 amide bonds. The summed E-state index contributed by atoms with van der Waals surface area (Å²) < 4.78 is 6.81. The summed E-state index contributed by atoms with van der Waals surface area (Å²) in [6.45, 7) is 3.38. The van der Waals surface area contributed by atoms with E-state index in [1.54, 1.807) is 31.8 Å². The van der Waals surface area contributed by atoms with E-state index >= 15 is 0 Å². The van der Waals surface area contributed by atoms with Crippen LogP contribution in [-0.4, -0.2) is 27.2 Å². The van der Waals surface area contributed by atoms with Gasteiger partial charge in [0.25, 0.3) is 0 Å². The lowest BCUT2D eigenvalue weighted by Gasteiger charge is -2.11. The molecule has 0 saturated carbocycles. The van der Waals surface area contributed by atoms with Crippen molar-refractivity contribution >= 4 is 12.2 Å². The summed E-state index contributed by atoms with van der Waals surface area (Å²) in [4.78, 5) is 0. The lowest BCUT2D eigenvalue weighted by molar-refractivity contribution is 0.0737. The zero-order valence-electron chi connectivity index (χ0n) is 14.5. The number of nitrogens with zero attached hydrogens (tertiary/aromatic N) is 3. The van der Waals surface area contributed by atoms with Gasteiger partial charge < -0.3 is 9.84 Å². The van der Waals surface area contributed by atoms with Crippen molar-refractivity contribution in [1.29, 1.82) is 0 Å². The highest BCUT2D eigenvalue weighted by Gasteiger charge is 2.20. The summed E-state index contributed by atoms with van der Waals surface area (Å²) in [7, 11) is 1.66. The highest BCUT2D eigenvalue weighted by molar-refractivity contribution is 5.70. The molecule has 0 aliphatic heterocycles. The molecular formula is C20H21N3O2. The summed E-state index contributed by atoms with van der Waals surface area (Å²) in [5, 5.41) is 18.1. The molecule has 2 aromatic carbocycles. The molecule has 0 radical (unpaired) electrons. The Balaban J connectivity index is 1.73. The molecule has 5 heteroatoms. The van der Waals surface area contributed by atoms with E-state index < -0.39 is 5.60 Å². The first-order valence-corrected chi connectivity index (χ1v) is 8.03. The van der Waals surface area contributed by atoms with Crippen molar-refractivity contribution in [2.24, 2.45) is 0 Å². The van der Waals surface area contributed by atoms with Crippen molar-refractivity contribution < 1.29 is 9.84 Å². The lowest BCUT2D eigenvalue weighted by Crippen LogP contribution is -2.15. The third-order valence-electron chi connectivity index (χ3n) is 3.86. The summed E-state index contributed by atoms with van der Waals surface area (Å²) in [6, 6.07) is 15.9. The third kappa shape index (κ3) is 4.14. The fraction of sp³-hybridized carbons (Fsp3) is 0.200. The zero-order chi connectivity index (χ0) is 17.9. The van der Waals surface area contributed by atoms with Gasteiger partial charge in [0.05, 0.1) is 19.0 Å². The monoisotopic (exact) mass is 335 g/mol. The zero-order valence-corrected chi connectivity index (χ0v) is 14.5. The molecule has 0 fully saturated rings. The highest BCUT2D eigenvalue weighted by atomic mass is 16.5. The summed E-state index contributed by atoms with van der Waals surface area (Å²) >= 11 is 0. The number of aromatic nitrogens is 3. The smallest absolute Gasteiger partial charge is 0.118 e. The molecule has 0 aliphatic rings. The molecule has 5 nitrogen and oxygen atoms in total. The van der Waals surface area contributed by atoms with Crippen LogP contribution in [0.4, 0.5) is 0 Å². The second-order valence-corrected chi connectivity index (χ2v) is 6.31. The van der Waals surface area contributed by atoms with Crippen LogP contribution in [0.5, 0.6) is 5.75 Å². The Hall–Kier alpha value is -2.92. The quantitative estimate of drug-likeness (QED) is 0.723. The number of ether oxygens (including phenoxy) is 1. The summed E-state index contributed by atoms with van der Waals surface area (Å²) in [6.07, 6.45) is 5.84. The Morgan fingerprint density at radius 1 is 0.960 bits per heavy atom. The first-order valence-electron chi connectivity index (χ1n) is 8.03. The number of benzene rings is 2. The van der Waals surface area contributed by atoms with Crippen molar-refractivity contribution in [3.63, 3.8) is 0 Å². The first kappa shape index (κ1) is 16.9. The van der Waals surface area contributed by atoms with Gasteiger partial charge in [-0.25, -0.2) is 4.68 Å². The standard InChI is InChI=1S/C20H21N3O2/c1-20(2,24)19-14-23(22-21-19)17-10-6-15(7-11-17)4-5-16-8-12-18(25-3)13-9-16/h4-14,24H,1-3H3. The van der Waals surface area contributed by atoms with Gasteiger partial charge >= 0.3 is 0 Å². The molecule has 0 atom stereocenters. The molecule has 3 rings (SSSR count). The minimum atomic E-state index is -1.00. The maximum atomic E-state index is 9.97. The van der Waals surface area contributed by atoms with Crippen LogP contribution in [0.15, 0.2) is 54.7 Å². The fourth-order valence-corrected chi connectivity index (χ4v) is 2.32. The maximum Gasteiger partial charge on any atom is 0.118 e. The van der Waals surface area contributed by atoms with Gasteiger partial charge in [-0.2, -0.15) is 0 Å². The Bertz CT molecular complexity index is 857. The van der Waals surface area contributed by atoms with E-state index in [0.29, 0.717) is 5.69 Å². The van der Waals surface area contributed by atoms with Gasteiger partial charge in [0.1, 0.15) is 17.0 Å². The van der Waals surface area contributed by atoms with E-state index in [9.17, 15) is 5.11 Å². The van der Waals surface area contributed by atoms with E-state index in [0.717, 1.165) is 22.6 Å². The van der Waals surface area contributed by atoms with Crippen LogP contribution >= 0.6 is 0 Å². The molecule has 3 aromatic rings. The molecule has 0 aliphatic carbocycles. The molecule has 1 aromatic heterocycles. The molecule has 0 saturated heterocycles. The third-order valence-corrected chi connectivity index (χ3v) is 3.86. The van der Waals surface area contributed by atoms with Crippen LogP contribution < -0.4 is 4.74 Å². The van der Waals surface area contributed by atoms with Gasteiger partial charge in [-0.3, -0.25) is 0 Å². The van der Waals surface area contributed by atoms with E-state index in [1.165, 1.54) is 0 Å². The number of rotatable bonds is 5. The average molecular weight is 335 g/mol. The normalized spacial score (nSPS) is 11.8. The number of methoxy groups -OCH3 is 1. The Labute approximate surface area is 147 Å². The summed E-state index contributed by atoms with van der Waals surface area (Å²) in [5.74, 6) is 0.847. The molecule has 1 N–H and O–H groups in total. The molecule has 0 bridgehead atoms. The van der Waals surface area contributed by atoms with E-state index in [1.807, 2.05) is 48.5 Å². The maximum absolute atomic E-state index is 9.97. The SMILES string of the molecule is COc1ccc(C=Cc2ccc(-n3cc(C(C)(C)O)nn3)cc2)cc1. The molecule has 25 heavy (non-hydrogen) atoms. The van der Waals surface area contributed by atoms with Crippen LogP contribution in [0.3, 0.4) is 0 Å². The van der Waals surface area contributed by atoms with Crippen LogP contribution in [0.1, 0.15) is 30.7 Å². The van der Waals surface area contributed by atoms with Crippen LogP contribution in [-0.2, 0) is 5.60 Å². The molecule has 1 heterocycles. The average Bonchev–Trinajstić information content (AvgIpc) is 3.11. The van der Waals surface area contributed by atoms with Gasteiger partial charge in [-0.1, -0.05) is 41.6 Å². The topological polar surface area (TPSA) is 60.2 Å². The van der Waals surface area contributed by atoms with Crippen molar-refractivity contribution in [3.8, 4) is 11.4 Å². The second-order valence-electron chi connectivity index (χ2n) is 6.31. The molecular weight excluding hydrogens is 314 g/mol. The van der Waals surface area contributed by atoms with E-state index in [4.69, 9.17) is 4.74 Å². The highest BCUT2D eigenvalue weighted by Crippen LogP contribution is 2.18. The van der Waals surface area contributed by atoms with Gasteiger partial charge in [0, 0.05) is 0 Å². The van der Waals surface area contributed by atoms with Crippen molar-refractivity contribution in [3.05, 3.63) is 71.5 Å².